The van der Waals surface area contributed by atoms with Crippen LogP contribution in [-0.4, -0.2) is 41.7 Å². The van der Waals surface area contributed by atoms with Gasteiger partial charge in [-0.15, -0.1) is 11.8 Å². The smallest absolute Gasteiger partial charge is 0.243 e. The fourth-order valence-electron chi connectivity index (χ4n) is 5.13. The van der Waals surface area contributed by atoms with Crippen LogP contribution in [0.1, 0.15) is 54.4 Å². The summed E-state index contributed by atoms with van der Waals surface area (Å²) in [5.41, 5.74) is 4.37. The number of rotatable bonds is 12. The first-order valence-electron chi connectivity index (χ1n) is 13.9. The Labute approximate surface area is 237 Å². The lowest BCUT2D eigenvalue weighted by molar-refractivity contribution is -0.139. The van der Waals surface area contributed by atoms with Crippen molar-refractivity contribution < 1.29 is 14.3 Å². The Morgan fingerprint density at radius 3 is 2.31 bits per heavy atom. The maximum absolute atomic E-state index is 13.9. The number of aryl methyl sites for hydroxylation is 1. The van der Waals surface area contributed by atoms with Gasteiger partial charge in [-0.05, 0) is 54.2 Å². The molecule has 0 bridgehead atoms. The maximum atomic E-state index is 13.9. The summed E-state index contributed by atoms with van der Waals surface area (Å²) in [4.78, 5) is 29.6. The fourth-order valence-corrected chi connectivity index (χ4v) is 6.00. The highest BCUT2D eigenvalue weighted by molar-refractivity contribution is 7.99. The van der Waals surface area contributed by atoms with Gasteiger partial charge in [-0.2, -0.15) is 0 Å². The third-order valence-corrected chi connectivity index (χ3v) is 8.47. The van der Waals surface area contributed by atoms with Crippen molar-refractivity contribution in [3.63, 3.8) is 0 Å². The van der Waals surface area contributed by atoms with Crippen LogP contribution in [0.3, 0.4) is 0 Å². The molecule has 3 aromatic carbocycles. The highest BCUT2D eigenvalue weighted by Gasteiger charge is 2.32. The molecule has 4 rings (SSSR count). The summed E-state index contributed by atoms with van der Waals surface area (Å²) in [6.45, 7) is 2.47. The van der Waals surface area contributed by atoms with Crippen molar-refractivity contribution in [2.75, 3.05) is 12.9 Å². The second-order valence-corrected chi connectivity index (χ2v) is 11.3. The second kappa shape index (κ2) is 14.8. The number of hydrogen-bond acceptors (Lipinski definition) is 4. The van der Waals surface area contributed by atoms with Gasteiger partial charge in [0.15, 0.2) is 0 Å². The Balaban J connectivity index is 1.55. The Morgan fingerprint density at radius 1 is 0.923 bits per heavy atom. The number of nitrogens with one attached hydrogen (secondary N) is 1. The molecule has 0 spiro atoms. The van der Waals surface area contributed by atoms with Gasteiger partial charge in [-0.3, -0.25) is 9.59 Å². The molecule has 5 nitrogen and oxygen atoms in total. The van der Waals surface area contributed by atoms with Crippen LogP contribution in [0.2, 0.25) is 0 Å². The number of hydrogen-bond donors (Lipinski definition) is 1. The van der Waals surface area contributed by atoms with E-state index in [-0.39, 0.29) is 17.9 Å². The number of thioether (sulfide) groups is 1. The highest BCUT2D eigenvalue weighted by Crippen LogP contribution is 2.22. The van der Waals surface area contributed by atoms with Crippen molar-refractivity contribution in [2.24, 2.45) is 0 Å². The molecule has 1 aliphatic rings. The third kappa shape index (κ3) is 8.62. The molecule has 1 N–H and O–H groups in total. The average molecular weight is 545 g/mol. The molecule has 39 heavy (non-hydrogen) atoms. The first-order valence-corrected chi connectivity index (χ1v) is 15.1. The van der Waals surface area contributed by atoms with Crippen LogP contribution >= 0.6 is 11.8 Å². The number of carbonyl (C=O) groups is 2. The van der Waals surface area contributed by atoms with Crippen LogP contribution in [-0.2, 0) is 28.3 Å². The molecule has 0 aromatic heterocycles. The summed E-state index contributed by atoms with van der Waals surface area (Å²) in [5, 5.41) is 3.32. The fraction of sp³-hybridized carbons (Fsp3) is 0.394. The number of amides is 2. The van der Waals surface area contributed by atoms with Crippen molar-refractivity contribution in [1.82, 2.24) is 10.2 Å². The number of carbonyl (C=O) groups excluding carboxylic acids is 2. The lowest BCUT2D eigenvalue weighted by Crippen LogP contribution is -2.53. The van der Waals surface area contributed by atoms with E-state index in [4.69, 9.17) is 4.74 Å². The zero-order valence-electron chi connectivity index (χ0n) is 23.1. The van der Waals surface area contributed by atoms with Crippen LogP contribution in [0.5, 0.6) is 5.75 Å². The SMILES string of the molecule is COc1ccc(CSCC(=O)N(Cc2ccccc2C)[C@H](Cc2ccccc2)C(=O)NC2CCCCC2)cc1. The Hall–Kier alpha value is -3.25. The molecule has 3 aromatic rings. The standard InChI is InChI=1S/C33H40N2O3S/c1-25-11-9-10-14-28(25)22-35(32(36)24-39-23-27-17-19-30(38-2)20-18-27)31(21-26-12-5-3-6-13-26)33(37)34-29-15-7-4-8-16-29/h3,5-6,9-14,17-20,29,31H,4,7-8,15-16,21-24H2,1-2H3,(H,34,37)/t31-/m1/s1. The van der Waals surface area contributed by atoms with E-state index >= 15 is 0 Å². The van der Waals surface area contributed by atoms with E-state index in [1.54, 1.807) is 18.9 Å². The molecule has 0 unspecified atom stereocenters. The summed E-state index contributed by atoms with van der Waals surface area (Å²) >= 11 is 1.58. The number of benzene rings is 3. The van der Waals surface area contributed by atoms with Crippen LogP contribution in [0.25, 0.3) is 0 Å². The normalized spacial score (nSPS) is 14.4. The van der Waals surface area contributed by atoms with Crippen molar-refractivity contribution in [1.29, 1.82) is 0 Å². The topological polar surface area (TPSA) is 58.6 Å². The molecule has 0 radical (unpaired) electrons. The van der Waals surface area contributed by atoms with Gasteiger partial charge in [0.2, 0.25) is 11.8 Å². The highest BCUT2D eigenvalue weighted by atomic mass is 32.2. The molecular weight excluding hydrogens is 504 g/mol. The third-order valence-electron chi connectivity index (χ3n) is 7.48. The number of methoxy groups -OCH3 is 1. The van der Waals surface area contributed by atoms with Crippen LogP contribution in [0, 0.1) is 6.92 Å². The van der Waals surface area contributed by atoms with Gasteiger partial charge in [-0.1, -0.05) is 86.0 Å². The van der Waals surface area contributed by atoms with Crippen molar-refractivity contribution in [3.05, 3.63) is 101 Å². The largest absolute Gasteiger partial charge is 0.497 e. The molecule has 0 saturated heterocycles. The van der Waals surface area contributed by atoms with Crippen LogP contribution < -0.4 is 10.1 Å². The summed E-state index contributed by atoms with van der Waals surface area (Å²) in [7, 11) is 1.65. The minimum Gasteiger partial charge on any atom is -0.497 e. The first kappa shape index (κ1) is 28.8. The van der Waals surface area contributed by atoms with Crippen LogP contribution in [0.15, 0.2) is 78.9 Å². The summed E-state index contributed by atoms with van der Waals surface area (Å²) in [5.74, 6) is 1.77. The van der Waals surface area contributed by atoms with Gasteiger partial charge in [0.05, 0.1) is 12.9 Å². The number of ether oxygens (including phenoxy) is 1. The monoisotopic (exact) mass is 544 g/mol. The van der Waals surface area contributed by atoms with Crippen molar-refractivity contribution in [3.8, 4) is 5.75 Å². The zero-order chi connectivity index (χ0) is 27.5. The molecule has 6 heteroatoms. The van der Waals surface area contributed by atoms with Gasteiger partial charge in [-0.25, -0.2) is 0 Å². The Kier molecular flexibility index (Phi) is 10.9. The molecule has 0 heterocycles. The first-order chi connectivity index (χ1) is 19.0. The second-order valence-electron chi connectivity index (χ2n) is 10.3. The predicted molar refractivity (Wildman–Crippen MR) is 160 cm³/mol. The van der Waals surface area contributed by atoms with Gasteiger partial charge in [0.1, 0.15) is 11.8 Å². The van der Waals surface area contributed by atoms with Gasteiger partial charge in [0.25, 0.3) is 0 Å². The molecule has 206 valence electrons. The summed E-state index contributed by atoms with van der Waals surface area (Å²) in [6.07, 6.45) is 6.01. The molecule has 1 saturated carbocycles. The van der Waals surface area contributed by atoms with Gasteiger partial charge >= 0.3 is 0 Å². The van der Waals surface area contributed by atoms with E-state index in [1.807, 2.05) is 71.6 Å². The Morgan fingerprint density at radius 2 is 1.62 bits per heavy atom. The zero-order valence-corrected chi connectivity index (χ0v) is 23.9. The van der Waals surface area contributed by atoms with E-state index in [1.165, 1.54) is 6.42 Å². The molecule has 0 aliphatic heterocycles. The molecular formula is C33H40N2O3S. The minimum atomic E-state index is -0.581. The van der Waals surface area contributed by atoms with Crippen LogP contribution in [0.4, 0.5) is 0 Å². The minimum absolute atomic E-state index is 0.0171. The number of nitrogens with zero attached hydrogens (tertiary/aromatic N) is 1. The Bertz CT molecular complexity index is 1190. The van der Waals surface area contributed by atoms with E-state index in [0.29, 0.717) is 24.5 Å². The summed E-state index contributed by atoms with van der Waals surface area (Å²) < 4.78 is 5.26. The molecule has 1 aliphatic carbocycles. The maximum Gasteiger partial charge on any atom is 0.243 e. The average Bonchev–Trinajstić information content (AvgIpc) is 2.97. The summed E-state index contributed by atoms with van der Waals surface area (Å²) in [6, 6.07) is 25.7. The van der Waals surface area contributed by atoms with E-state index in [2.05, 4.69) is 24.4 Å². The van der Waals surface area contributed by atoms with Crippen molar-refractivity contribution in [2.45, 2.75) is 69.8 Å². The molecule has 2 amide bonds. The predicted octanol–water partition coefficient (Wildman–Crippen LogP) is 6.33. The van der Waals surface area contributed by atoms with E-state index in [9.17, 15) is 9.59 Å². The van der Waals surface area contributed by atoms with E-state index < -0.39 is 6.04 Å². The lowest BCUT2D eigenvalue weighted by atomic mass is 9.94. The quantitative estimate of drug-likeness (QED) is 0.290. The van der Waals surface area contributed by atoms with E-state index in [0.717, 1.165) is 53.7 Å². The molecule has 1 fully saturated rings. The van der Waals surface area contributed by atoms with Gasteiger partial charge in [0, 0.05) is 24.8 Å². The lowest BCUT2D eigenvalue weighted by Gasteiger charge is -2.34. The van der Waals surface area contributed by atoms with Gasteiger partial charge < -0.3 is 15.0 Å². The van der Waals surface area contributed by atoms with Crippen molar-refractivity contribution >= 4 is 23.6 Å². The molecule has 1 atom stereocenters.